The van der Waals surface area contributed by atoms with E-state index in [9.17, 15) is 0 Å². The van der Waals surface area contributed by atoms with Gasteiger partial charge in [-0.15, -0.1) is 22.0 Å². The van der Waals surface area contributed by atoms with E-state index in [2.05, 4.69) is 77.1 Å². The minimum Gasteiger partial charge on any atom is -0.497 e. The van der Waals surface area contributed by atoms with Gasteiger partial charge < -0.3 is 4.74 Å². The van der Waals surface area contributed by atoms with Gasteiger partial charge in [0.2, 0.25) is 0 Å². The van der Waals surface area contributed by atoms with Crippen molar-refractivity contribution in [2.45, 2.75) is 23.4 Å². The summed E-state index contributed by atoms with van der Waals surface area (Å²) in [6.45, 7) is 2.97. The molecule has 0 saturated carbocycles. The van der Waals surface area contributed by atoms with Crippen molar-refractivity contribution in [2.24, 2.45) is 4.99 Å². The van der Waals surface area contributed by atoms with Crippen LogP contribution in [0.3, 0.4) is 0 Å². The van der Waals surface area contributed by atoms with Crippen LogP contribution >= 0.6 is 23.5 Å². The summed E-state index contributed by atoms with van der Waals surface area (Å²) in [7, 11) is 5.81. The standard InChI is InChI=1S/C23H27N5OS2/c1-16(27(2)3)21-25-26-23(28(21)18-8-6-5-7-9-18)30-15-20-14-24-22(31-20)17-10-12-19(29-4)13-11-17/h5-13,16,20H,14-15H2,1-4H3/t16-,20+/m1/s1. The van der Waals surface area contributed by atoms with Gasteiger partial charge >= 0.3 is 0 Å². The van der Waals surface area contributed by atoms with Gasteiger partial charge in [0.05, 0.1) is 24.7 Å². The molecule has 0 amide bonds. The van der Waals surface area contributed by atoms with E-state index in [4.69, 9.17) is 9.73 Å². The van der Waals surface area contributed by atoms with Gasteiger partial charge in [0.25, 0.3) is 0 Å². The molecule has 2 aromatic carbocycles. The number of aliphatic imine (C=N–C) groups is 1. The largest absolute Gasteiger partial charge is 0.497 e. The summed E-state index contributed by atoms with van der Waals surface area (Å²) >= 11 is 3.59. The molecule has 8 heteroatoms. The third-order valence-corrected chi connectivity index (χ3v) is 7.81. The Hall–Kier alpha value is -2.29. The lowest BCUT2D eigenvalue weighted by atomic mass is 10.2. The maximum Gasteiger partial charge on any atom is 0.195 e. The van der Waals surface area contributed by atoms with Gasteiger partial charge in [-0.2, -0.15) is 0 Å². The van der Waals surface area contributed by atoms with Crippen molar-refractivity contribution in [3.63, 3.8) is 0 Å². The average Bonchev–Trinajstić information content (AvgIpc) is 3.45. The lowest BCUT2D eigenvalue weighted by Crippen LogP contribution is -2.20. The average molecular weight is 454 g/mol. The first-order valence-corrected chi connectivity index (χ1v) is 12.1. The van der Waals surface area contributed by atoms with Gasteiger partial charge in [-0.1, -0.05) is 30.0 Å². The van der Waals surface area contributed by atoms with E-state index >= 15 is 0 Å². The van der Waals surface area contributed by atoms with Crippen LogP contribution in [0.5, 0.6) is 5.75 Å². The lowest BCUT2D eigenvalue weighted by molar-refractivity contribution is 0.305. The van der Waals surface area contributed by atoms with Crippen LogP contribution in [0.4, 0.5) is 0 Å². The predicted octanol–water partition coefficient (Wildman–Crippen LogP) is 4.55. The molecule has 0 bridgehead atoms. The number of hydrogen-bond acceptors (Lipinski definition) is 7. The topological polar surface area (TPSA) is 55.5 Å². The Labute approximate surface area is 192 Å². The van der Waals surface area contributed by atoms with Crippen LogP contribution in [-0.4, -0.2) is 63.5 Å². The van der Waals surface area contributed by atoms with E-state index in [1.807, 2.05) is 30.0 Å². The molecular formula is C23H27N5OS2. The van der Waals surface area contributed by atoms with Crippen LogP contribution in [0.1, 0.15) is 24.4 Å². The fraction of sp³-hybridized carbons (Fsp3) is 0.348. The molecule has 1 aliphatic heterocycles. The molecule has 2 atom stereocenters. The van der Waals surface area contributed by atoms with Crippen molar-refractivity contribution >= 4 is 28.6 Å². The highest BCUT2D eigenvalue weighted by Gasteiger charge is 2.24. The molecule has 1 aromatic heterocycles. The number of thioether (sulfide) groups is 2. The Balaban J connectivity index is 1.46. The van der Waals surface area contributed by atoms with Crippen molar-refractivity contribution in [2.75, 3.05) is 33.5 Å². The summed E-state index contributed by atoms with van der Waals surface area (Å²) in [4.78, 5) is 6.92. The Bertz CT molecular complexity index is 1030. The van der Waals surface area contributed by atoms with Crippen molar-refractivity contribution in [1.82, 2.24) is 19.7 Å². The van der Waals surface area contributed by atoms with Gasteiger partial charge in [0.15, 0.2) is 11.0 Å². The molecule has 3 aromatic rings. The Kier molecular flexibility index (Phi) is 6.99. The zero-order valence-corrected chi connectivity index (χ0v) is 19.9. The van der Waals surface area contributed by atoms with Crippen LogP contribution < -0.4 is 4.74 Å². The van der Waals surface area contributed by atoms with Crippen molar-refractivity contribution in [3.05, 3.63) is 66.0 Å². The molecule has 0 spiro atoms. The highest BCUT2D eigenvalue weighted by atomic mass is 32.2. The number of ether oxygens (including phenoxy) is 1. The fourth-order valence-corrected chi connectivity index (χ4v) is 5.49. The van der Waals surface area contributed by atoms with E-state index in [-0.39, 0.29) is 6.04 Å². The zero-order valence-electron chi connectivity index (χ0n) is 18.2. The molecule has 4 rings (SSSR count). The summed E-state index contributed by atoms with van der Waals surface area (Å²) in [5, 5.41) is 11.5. The summed E-state index contributed by atoms with van der Waals surface area (Å²) in [5.41, 5.74) is 2.24. The van der Waals surface area contributed by atoms with Crippen LogP contribution in [0.25, 0.3) is 5.69 Å². The SMILES string of the molecule is COc1ccc(C2=NC[C@@H](CSc3nnc([C@@H](C)N(C)C)n3-c3ccccc3)S2)cc1. The van der Waals surface area contributed by atoms with Crippen molar-refractivity contribution in [3.8, 4) is 11.4 Å². The quantitative estimate of drug-likeness (QED) is 0.466. The van der Waals surface area contributed by atoms with E-state index < -0.39 is 0 Å². The Morgan fingerprint density at radius 2 is 1.87 bits per heavy atom. The Morgan fingerprint density at radius 3 is 2.55 bits per heavy atom. The van der Waals surface area contributed by atoms with Crippen LogP contribution in [0.2, 0.25) is 0 Å². The molecule has 162 valence electrons. The second-order valence-electron chi connectivity index (χ2n) is 7.58. The highest BCUT2D eigenvalue weighted by molar-refractivity contribution is 8.16. The molecule has 0 saturated heterocycles. The number of rotatable bonds is 8. The van der Waals surface area contributed by atoms with E-state index in [1.165, 1.54) is 0 Å². The number of para-hydroxylation sites is 1. The normalized spacial score (nSPS) is 17.1. The minimum absolute atomic E-state index is 0.160. The molecule has 1 aliphatic rings. The monoisotopic (exact) mass is 453 g/mol. The van der Waals surface area contributed by atoms with Crippen LogP contribution in [-0.2, 0) is 0 Å². The molecule has 0 fully saturated rings. The van der Waals surface area contributed by atoms with E-state index in [1.54, 1.807) is 18.9 Å². The number of hydrogen-bond donors (Lipinski definition) is 0. The first kappa shape index (κ1) is 21.9. The molecule has 0 radical (unpaired) electrons. The zero-order chi connectivity index (χ0) is 21.8. The summed E-state index contributed by atoms with van der Waals surface area (Å²) < 4.78 is 7.43. The molecule has 0 aliphatic carbocycles. The predicted molar refractivity (Wildman–Crippen MR) is 130 cm³/mol. The first-order valence-electron chi connectivity index (χ1n) is 10.2. The van der Waals surface area contributed by atoms with E-state index in [0.29, 0.717) is 5.25 Å². The summed E-state index contributed by atoms with van der Waals surface area (Å²) in [6.07, 6.45) is 0. The molecule has 31 heavy (non-hydrogen) atoms. The number of aromatic nitrogens is 3. The first-order chi connectivity index (χ1) is 15.1. The maximum atomic E-state index is 5.25. The van der Waals surface area contributed by atoms with Gasteiger partial charge in [0, 0.05) is 22.3 Å². The van der Waals surface area contributed by atoms with Crippen molar-refractivity contribution in [1.29, 1.82) is 0 Å². The molecule has 0 unspecified atom stereocenters. The number of nitrogens with zero attached hydrogens (tertiary/aromatic N) is 5. The third kappa shape index (κ3) is 4.97. The van der Waals surface area contributed by atoms with Gasteiger partial charge in [-0.3, -0.25) is 14.5 Å². The fourth-order valence-electron chi connectivity index (χ4n) is 3.26. The summed E-state index contributed by atoms with van der Waals surface area (Å²) in [5.74, 6) is 2.74. The van der Waals surface area contributed by atoms with Crippen molar-refractivity contribution < 1.29 is 4.74 Å². The van der Waals surface area contributed by atoms with E-state index in [0.717, 1.165) is 45.3 Å². The van der Waals surface area contributed by atoms with Gasteiger partial charge in [-0.25, -0.2) is 0 Å². The second-order valence-corrected chi connectivity index (χ2v) is 9.85. The van der Waals surface area contributed by atoms with Crippen LogP contribution in [0.15, 0.2) is 64.7 Å². The third-order valence-electron chi connectivity index (χ3n) is 5.27. The van der Waals surface area contributed by atoms with Gasteiger partial charge in [0.1, 0.15) is 5.75 Å². The minimum atomic E-state index is 0.160. The maximum absolute atomic E-state index is 5.25. The molecule has 6 nitrogen and oxygen atoms in total. The molecule has 0 N–H and O–H groups in total. The molecular weight excluding hydrogens is 426 g/mol. The van der Waals surface area contributed by atoms with Gasteiger partial charge in [-0.05, 0) is 57.4 Å². The second kappa shape index (κ2) is 9.89. The number of methoxy groups -OCH3 is 1. The smallest absolute Gasteiger partial charge is 0.195 e. The Morgan fingerprint density at radius 1 is 1.13 bits per heavy atom. The summed E-state index contributed by atoms with van der Waals surface area (Å²) in [6, 6.07) is 18.6. The lowest BCUT2D eigenvalue weighted by Gasteiger charge is -2.20. The van der Waals surface area contributed by atoms with Crippen LogP contribution in [0, 0.1) is 0 Å². The number of benzene rings is 2. The molecule has 2 heterocycles. The highest BCUT2D eigenvalue weighted by Crippen LogP contribution is 2.32.